The Bertz CT molecular complexity index is 648. The van der Waals surface area contributed by atoms with Crippen LogP contribution in [0, 0.1) is 5.92 Å². The molecule has 2 aliphatic rings. The van der Waals surface area contributed by atoms with Gasteiger partial charge in [0, 0.05) is 64.1 Å². The molecule has 0 saturated carbocycles. The zero-order valence-electron chi connectivity index (χ0n) is 18.5. The number of ether oxygens (including phenoxy) is 2. The minimum absolute atomic E-state index is 0. The molecule has 1 aromatic heterocycles. The maximum atomic E-state index is 5.51. The summed E-state index contributed by atoms with van der Waals surface area (Å²) in [7, 11) is 1.82. The van der Waals surface area contributed by atoms with Crippen LogP contribution in [0.3, 0.4) is 0 Å². The minimum atomic E-state index is 0. The Morgan fingerprint density at radius 1 is 1.10 bits per heavy atom. The van der Waals surface area contributed by atoms with Crippen molar-refractivity contribution in [3.63, 3.8) is 0 Å². The molecule has 3 rings (SSSR count). The van der Waals surface area contributed by atoms with Crippen LogP contribution >= 0.6 is 24.0 Å². The van der Waals surface area contributed by atoms with Crippen LogP contribution in [0.5, 0.6) is 0 Å². The van der Waals surface area contributed by atoms with Crippen molar-refractivity contribution in [2.75, 3.05) is 71.1 Å². The van der Waals surface area contributed by atoms with Gasteiger partial charge in [-0.15, -0.1) is 24.0 Å². The highest BCUT2D eigenvalue weighted by atomic mass is 127. The summed E-state index contributed by atoms with van der Waals surface area (Å²) in [6.45, 7) is 13.0. The first-order valence-electron chi connectivity index (χ1n) is 10.7. The van der Waals surface area contributed by atoms with Crippen LogP contribution in [0.4, 0.5) is 5.82 Å². The summed E-state index contributed by atoms with van der Waals surface area (Å²) in [5.41, 5.74) is 1.17. The molecule has 0 amide bonds. The van der Waals surface area contributed by atoms with Crippen LogP contribution < -0.4 is 15.5 Å². The molecular formula is C21H37IN6O2. The van der Waals surface area contributed by atoms with Crippen LogP contribution in [-0.4, -0.2) is 88.1 Å². The monoisotopic (exact) mass is 532 g/mol. The van der Waals surface area contributed by atoms with Gasteiger partial charge in [0.1, 0.15) is 5.82 Å². The average molecular weight is 532 g/mol. The van der Waals surface area contributed by atoms with Crippen molar-refractivity contribution < 1.29 is 9.47 Å². The van der Waals surface area contributed by atoms with Gasteiger partial charge in [-0.3, -0.25) is 9.89 Å². The first-order chi connectivity index (χ1) is 14.2. The fourth-order valence-electron chi connectivity index (χ4n) is 3.92. The van der Waals surface area contributed by atoms with Crippen molar-refractivity contribution in [2.45, 2.75) is 26.4 Å². The number of guanidine groups is 1. The van der Waals surface area contributed by atoms with Crippen LogP contribution in [0.1, 0.15) is 19.4 Å². The van der Waals surface area contributed by atoms with E-state index in [4.69, 9.17) is 9.47 Å². The van der Waals surface area contributed by atoms with E-state index in [0.717, 1.165) is 70.9 Å². The molecule has 0 aromatic carbocycles. The third-order valence-corrected chi connectivity index (χ3v) is 5.61. The lowest BCUT2D eigenvalue weighted by Gasteiger charge is -2.37. The smallest absolute Gasteiger partial charge is 0.191 e. The van der Waals surface area contributed by atoms with Gasteiger partial charge in [-0.05, 0) is 12.0 Å². The Kier molecular flexibility index (Phi) is 11.1. The molecule has 2 saturated heterocycles. The van der Waals surface area contributed by atoms with Crippen molar-refractivity contribution in [2.24, 2.45) is 10.9 Å². The average Bonchev–Trinajstić information content (AvgIpc) is 2.77. The summed E-state index contributed by atoms with van der Waals surface area (Å²) in [5, 5.41) is 6.98. The van der Waals surface area contributed by atoms with E-state index in [-0.39, 0.29) is 24.0 Å². The van der Waals surface area contributed by atoms with Crippen LogP contribution in [0.25, 0.3) is 0 Å². The summed E-state index contributed by atoms with van der Waals surface area (Å²) in [5.74, 6) is 2.41. The van der Waals surface area contributed by atoms with Crippen LogP contribution in [0.2, 0.25) is 0 Å². The molecule has 0 spiro atoms. The molecule has 2 fully saturated rings. The Balaban J connectivity index is 0.00000320. The standard InChI is InChI=1S/C21H36N6O2.HI/c1-17(2)19(26-7-11-28-12-8-26)16-25-21(22-3)24-15-18-5-4-6-23-20(18)27-9-13-29-14-10-27;/h4-6,17,19H,7-16H2,1-3H3,(H2,22,24,25);1H. The quantitative estimate of drug-likeness (QED) is 0.314. The molecule has 1 aromatic rings. The van der Waals surface area contributed by atoms with E-state index in [1.54, 1.807) is 0 Å². The molecule has 0 bridgehead atoms. The van der Waals surface area contributed by atoms with Gasteiger partial charge in [-0.1, -0.05) is 19.9 Å². The minimum Gasteiger partial charge on any atom is -0.379 e. The largest absolute Gasteiger partial charge is 0.379 e. The first kappa shape index (κ1) is 25.1. The van der Waals surface area contributed by atoms with E-state index in [1.807, 2.05) is 19.3 Å². The maximum Gasteiger partial charge on any atom is 0.191 e. The maximum absolute atomic E-state index is 5.51. The number of aliphatic imine (C=N–C) groups is 1. The molecule has 1 atom stereocenters. The predicted molar refractivity (Wildman–Crippen MR) is 132 cm³/mol. The molecule has 8 nitrogen and oxygen atoms in total. The lowest BCUT2D eigenvalue weighted by Crippen LogP contribution is -2.52. The van der Waals surface area contributed by atoms with Gasteiger partial charge in [0.05, 0.1) is 26.4 Å². The highest BCUT2D eigenvalue weighted by Gasteiger charge is 2.24. The van der Waals surface area contributed by atoms with Gasteiger partial charge in [0.15, 0.2) is 5.96 Å². The number of nitrogens with one attached hydrogen (secondary N) is 2. The number of morpholine rings is 2. The summed E-state index contributed by atoms with van der Waals surface area (Å²) in [6.07, 6.45) is 1.86. The molecule has 2 N–H and O–H groups in total. The van der Waals surface area contributed by atoms with Gasteiger partial charge >= 0.3 is 0 Å². The Hall–Kier alpha value is -1.17. The molecule has 0 aliphatic carbocycles. The normalized spacial score (nSPS) is 19.3. The molecule has 1 unspecified atom stereocenters. The van der Waals surface area contributed by atoms with E-state index in [0.29, 0.717) is 18.5 Å². The van der Waals surface area contributed by atoms with Gasteiger partial charge in [-0.2, -0.15) is 0 Å². The van der Waals surface area contributed by atoms with Crippen molar-refractivity contribution in [1.82, 2.24) is 20.5 Å². The van der Waals surface area contributed by atoms with Crippen molar-refractivity contribution in [3.05, 3.63) is 23.9 Å². The highest BCUT2D eigenvalue weighted by Crippen LogP contribution is 2.18. The predicted octanol–water partition coefficient (Wildman–Crippen LogP) is 1.56. The van der Waals surface area contributed by atoms with Crippen molar-refractivity contribution in [3.8, 4) is 0 Å². The molecule has 2 aliphatic heterocycles. The van der Waals surface area contributed by atoms with Gasteiger partial charge in [-0.25, -0.2) is 4.98 Å². The number of pyridine rings is 1. The molecule has 30 heavy (non-hydrogen) atoms. The molecular weight excluding hydrogens is 495 g/mol. The molecule has 170 valence electrons. The third kappa shape index (κ3) is 7.21. The topological polar surface area (TPSA) is 74.2 Å². The zero-order valence-corrected chi connectivity index (χ0v) is 20.8. The fraction of sp³-hybridized carbons (Fsp3) is 0.714. The number of rotatable bonds is 7. The van der Waals surface area contributed by atoms with E-state index in [1.165, 1.54) is 5.56 Å². The second kappa shape index (κ2) is 13.3. The zero-order chi connectivity index (χ0) is 20.5. The number of nitrogens with zero attached hydrogens (tertiary/aromatic N) is 4. The fourth-order valence-corrected chi connectivity index (χ4v) is 3.92. The number of anilines is 1. The highest BCUT2D eigenvalue weighted by molar-refractivity contribution is 14.0. The van der Waals surface area contributed by atoms with E-state index >= 15 is 0 Å². The number of hydrogen-bond acceptors (Lipinski definition) is 6. The second-order valence-corrected chi connectivity index (χ2v) is 7.85. The van der Waals surface area contributed by atoms with E-state index in [2.05, 4.69) is 50.3 Å². The third-order valence-electron chi connectivity index (χ3n) is 5.61. The summed E-state index contributed by atoms with van der Waals surface area (Å²) in [4.78, 5) is 13.9. The molecule has 9 heteroatoms. The van der Waals surface area contributed by atoms with Gasteiger partial charge in [0.2, 0.25) is 0 Å². The van der Waals surface area contributed by atoms with E-state index < -0.39 is 0 Å². The Labute approximate surface area is 197 Å². The molecule has 3 heterocycles. The summed E-state index contributed by atoms with van der Waals surface area (Å²) < 4.78 is 11.0. The van der Waals surface area contributed by atoms with Gasteiger partial charge < -0.3 is 25.0 Å². The number of hydrogen-bond donors (Lipinski definition) is 2. The second-order valence-electron chi connectivity index (χ2n) is 7.85. The number of halogens is 1. The van der Waals surface area contributed by atoms with Crippen LogP contribution in [-0.2, 0) is 16.0 Å². The summed E-state index contributed by atoms with van der Waals surface area (Å²) >= 11 is 0. The Morgan fingerprint density at radius 2 is 1.77 bits per heavy atom. The first-order valence-corrected chi connectivity index (χ1v) is 10.7. The van der Waals surface area contributed by atoms with Crippen molar-refractivity contribution >= 4 is 35.8 Å². The van der Waals surface area contributed by atoms with Gasteiger partial charge in [0.25, 0.3) is 0 Å². The van der Waals surface area contributed by atoms with E-state index in [9.17, 15) is 0 Å². The molecule has 0 radical (unpaired) electrons. The van der Waals surface area contributed by atoms with Crippen LogP contribution in [0.15, 0.2) is 23.3 Å². The lowest BCUT2D eigenvalue weighted by molar-refractivity contribution is 0.00752. The summed E-state index contributed by atoms with van der Waals surface area (Å²) in [6, 6.07) is 4.58. The SMILES string of the molecule is CN=C(NCc1cccnc1N1CCOCC1)NCC(C(C)C)N1CCOCC1.I. The number of aromatic nitrogens is 1. The Morgan fingerprint density at radius 3 is 2.40 bits per heavy atom. The lowest BCUT2D eigenvalue weighted by atomic mass is 10.0. The van der Waals surface area contributed by atoms with Crippen molar-refractivity contribution in [1.29, 1.82) is 0 Å².